The molecule has 2 aromatic carbocycles. The van der Waals surface area contributed by atoms with Crippen LogP contribution in [0.25, 0.3) is 0 Å². The van der Waals surface area contributed by atoms with Crippen LogP contribution < -0.4 is 5.32 Å². The maximum atomic E-state index is 13.1. The molecule has 0 aliphatic rings. The van der Waals surface area contributed by atoms with Gasteiger partial charge in [0.05, 0.1) is 0 Å². The van der Waals surface area contributed by atoms with E-state index >= 15 is 0 Å². The van der Waals surface area contributed by atoms with Gasteiger partial charge in [-0.2, -0.15) is 0 Å². The fourth-order valence-electron chi connectivity index (χ4n) is 1.70. The number of halogens is 4. The molecule has 1 unspecified atom stereocenters. The minimum Gasteiger partial charge on any atom is -0.378 e. The van der Waals surface area contributed by atoms with Crippen molar-refractivity contribution in [1.29, 1.82) is 0 Å². The molecule has 1 nitrogen and oxygen atoms in total. The number of hydrogen-bond acceptors (Lipinski definition) is 1. The van der Waals surface area contributed by atoms with Crippen LogP contribution in [0.4, 0.5) is 18.9 Å². The number of benzene rings is 2. The van der Waals surface area contributed by atoms with Crippen molar-refractivity contribution in [3.05, 3.63) is 63.9 Å². The van der Waals surface area contributed by atoms with Gasteiger partial charge in [-0.05, 0) is 58.7 Å². The van der Waals surface area contributed by atoms with Crippen molar-refractivity contribution in [2.45, 2.75) is 13.0 Å². The molecule has 5 heteroatoms. The van der Waals surface area contributed by atoms with Gasteiger partial charge in [-0.25, -0.2) is 13.2 Å². The topological polar surface area (TPSA) is 12.0 Å². The van der Waals surface area contributed by atoms with Gasteiger partial charge >= 0.3 is 0 Å². The highest BCUT2D eigenvalue weighted by Crippen LogP contribution is 2.27. The van der Waals surface area contributed by atoms with Crippen molar-refractivity contribution in [2.75, 3.05) is 5.32 Å². The molecule has 100 valence electrons. The van der Waals surface area contributed by atoms with Gasteiger partial charge in [0, 0.05) is 16.2 Å². The zero-order chi connectivity index (χ0) is 14.0. The van der Waals surface area contributed by atoms with Crippen molar-refractivity contribution in [2.24, 2.45) is 0 Å². The lowest BCUT2D eigenvalue weighted by molar-refractivity contribution is 0.506. The van der Waals surface area contributed by atoms with Crippen LogP contribution in [0.3, 0.4) is 0 Å². The molecule has 0 bridgehead atoms. The second kappa shape index (κ2) is 5.65. The summed E-state index contributed by atoms with van der Waals surface area (Å²) in [6.07, 6.45) is 0. The Morgan fingerprint density at radius 1 is 1.00 bits per heavy atom. The van der Waals surface area contributed by atoms with Crippen molar-refractivity contribution in [3.63, 3.8) is 0 Å². The minimum atomic E-state index is -0.885. The Hall–Kier alpha value is -1.49. The molecular formula is C14H11BrF3N. The highest BCUT2D eigenvalue weighted by molar-refractivity contribution is 9.10. The van der Waals surface area contributed by atoms with E-state index in [1.54, 1.807) is 6.07 Å². The average Bonchev–Trinajstić information content (AvgIpc) is 2.36. The lowest BCUT2D eigenvalue weighted by Gasteiger charge is -2.17. The molecule has 0 aliphatic carbocycles. The molecule has 0 aliphatic heterocycles. The third kappa shape index (κ3) is 3.29. The number of hydrogen-bond donors (Lipinski definition) is 1. The van der Waals surface area contributed by atoms with Crippen LogP contribution in [0.2, 0.25) is 0 Å². The van der Waals surface area contributed by atoms with Crippen LogP contribution >= 0.6 is 15.9 Å². The van der Waals surface area contributed by atoms with Gasteiger partial charge in [-0.3, -0.25) is 0 Å². The van der Waals surface area contributed by atoms with Gasteiger partial charge in [0.2, 0.25) is 0 Å². The Kier molecular flexibility index (Phi) is 4.14. The van der Waals surface area contributed by atoms with Gasteiger partial charge in [-0.15, -0.1) is 0 Å². The molecule has 1 atom stereocenters. The average molecular weight is 330 g/mol. The first-order chi connectivity index (χ1) is 8.97. The van der Waals surface area contributed by atoms with Crippen LogP contribution in [-0.2, 0) is 0 Å². The van der Waals surface area contributed by atoms with Crippen LogP contribution in [0, 0.1) is 17.5 Å². The van der Waals surface area contributed by atoms with E-state index in [0.29, 0.717) is 15.7 Å². The predicted molar refractivity (Wildman–Crippen MR) is 72.5 cm³/mol. The molecule has 2 aromatic rings. The predicted octanol–water partition coefficient (Wildman–Crippen LogP) is 5.04. The van der Waals surface area contributed by atoms with E-state index < -0.39 is 11.6 Å². The highest BCUT2D eigenvalue weighted by atomic mass is 79.9. The third-order valence-electron chi connectivity index (χ3n) is 2.75. The molecule has 1 N–H and O–H groups in total. The summed E-state index contributed by atoms with van der Waals surface area (Å²) < 4.78 is 39.5. The third-order valence-corrected chi connectivity index (χ3v) is 3.40. The normalized spacial score (nSPS) is 12.3. The molecule has 0 heterocycles. The highest BCUT2D eigenvalue weighted by Gasteiger charge is 2.10. The second-order valence-electron chi connectivity index (χ2n) is 4.16. The van der Waals surface area contributed by atoms with Gasteiger partial charge in [0.25, 0.3) is 0 Å². The first kappa shape index (κ1) is 13.9. The summed E-state index contributed by atoms with van der Waals surface area (Å²) in [6.45, 7) is 1.81. The smallest absolute Gasteiger partial charge is 0.159 e. The van der Waals surface area contributed by atoms with Gasteiger partial charge in [0.1, 0.15) is 5.82 Å². The first-order valence-electron chi connectivity index (χ1n) is 5.64. The van der Waals surface area contributed by atoms with Crippen LogP contribution in [0.1, 0.15) is 18.5 Å². The minimum absolute atomic E-state index is 0.239. The van der Waals surface area contributed by atoms with E-state index in [1.165, 1.54) is 18.2 Å². The van der Waals surface area contributed by atoms with Crippen LogP contribution in [0.5, 0.6) is 0 Å². The standard InChI is InChI=1S/C14H11BrF3N/c1-8(9-2-4-12(17)13(18)6-9)19-14-5-3-10(16)7-11(14)15/h2-8,19H,1H3. The lowest BCUT2D eigenvalue weighted by Crippen LogP contribution is -2.07. The summed E-state index contributed by atoms with van der Waals surface area (Å²) in [7, 11) is 0. The van der Waals surface area contributed by atoms with E-state index in [0.717, 1.165) is 12.1 Å². The molecule has 0 aromatic heterocycles. The Bertz CT molecular complexity index is 601. The summed E-state index contributed by atoms with van der Waals surface area (Å²) >= 11 is 3.24. The monoisotopic (exact) mass is 329 g/mol. The van der Waals surface area contributed by atoms with E-state index in [9.17, 15) is 13.2 Å². The molecule has 0 saturated carbocycles. The first-order valence-corrected chi connectivity index (χ1v) is 6.43. The quantitative estimate of drug-likeness (QED) is 0.831. The zero-order valence-corrected chi connectivity index (χ0v) is 11.6. The number of anilines is 1. The van der Waals surface area contributed by atoms with Gasteiger partial charge < -0.3 is 5.32 Å². The zero-order valence-electron chi connectivity index (χ0n) is 10.1. The SMILES string of the molecule is CC(Nc1ccc(F)cc1Br)c1ccc(F)c(F)c1. The van der Waals surface area contributed by atoms with Crippen molar-refractivity contribution >= 4 is 21.6 Å². The van der Waals surface area contributed by atoms with Crippen molar-refractivity contribution < 1.29 is 13.2 Å². The van der Waals surface area contributed by atoms with Crippen molar-refractivity contribution in [3.8, 4) is 0 Å². The van der Waals surface area contributed by atoms with E-state index in [2.05, 4.69) is 21.2 Å². The van der Waals surface area contributed by atoms with E-state index in [4.69, 9.17) is 0 Å². The summed E-state index contributed by atoms with van der Waals surface area (Å²) in [5.41, 5.74) is 1.29. The fraction of sp³-hybridized carbons (Fsp3) is 0.143. The Morgan fingerprint density at radius 2 is 1.74 bits per heavy atom. The Labute approximate surface area is 117 Å². The maximum Gasteiger partial charge on any atom is 0.159 e. The Balaban J connectivity index is 2.20. The van der Waals surface area contributed by atoms with Gasteiger partial charge in [-0.1, -0.05) is 6.07 Å². The summed E-state index contributed by atoms with van der Waals surface area (Å²) in [5.74, 6) is -2.11. The van der Waals surface area contributed by atoms with Gasteiger partial charge in [0.15, 0.2) is 11.6 Å². The molecule has 0 spiro atoms. The number of rotatable bonds is 3. The molecule has 0 saturated heterocycles. The fourth-order valence-corrected chi connectivity index (χ4v) is 2.17. The molecule has 0 radical (unpaired) electrons. The van der Waals surface area contributed by atoms with E-state index in [-0.39, 0.29) is 11.9 Å². The maximum absolute atomic E-state index is 13.1. The largest absolute Gasteiger partial charge is 0.378 e. The summed E-state index contributed by atoms with van der Waals surface area (Å²) in [4.78, 5) is 0. The lowest BCUT2D eigenvalue weighted by atomic mass is 10.1. The summed E-state index contributed by atoms with van der Waals surface area (Å²) in [5, 5.41) is 3.10. The van der Waals surface area contributed by atoms with Crippen LogP contribution in [0.15, 0.2) is 40.9 Å². The number of nitrogens with one attached hydrogen (secondary N) is 1. The Morgan fingerprint density at radius 3 is 2.37 bits per heavy atom. The molecule has 0 fully saturated rings. The molecule has 0 amide bonds. The van der Waals surface area contributed by atoms with Crippen molar-refractivity contribution in [1.82, 2.24) is 0 Å². The molecule has 19 heavy (non-hydrogen) atoms. The second-order valence-corrected chi connectivity index (χ2v) is 5.02. The summed E-state index contributed by atoms with van der Waals surface area (Å²) in [6, 6.07) is 7.73. The van der Waals surface area contributed by atoms with E-state index in [1.807, 2.05) is 6.92 Å². The van der Waals surface area contributed by atoms with Crippen LogP contribution in [-0.4, -0.2) is 0 Å². The molecule has 2 rings (SSSR count). The molecular weight excluding hydrogens is 319 g/mol.